The van der Waals surface area contributed by atoms with Crippen molar-refractivity contribution in [1.29, 1.82) is 0 Å². The first-order valence-electron chi connectivity index (χ1n) is 9.42. The quantitative estimate of drug-likeness (QED) is 0.690. The normalized spacial score (nSPS) is 16.3. The van der Waals surface area contributed by atoms with Gasteiger partial charge in [-0.1, -0.05) is 6.92 Å². The number of aryl methyl sites for hydroxylation is 2. The Bertz CT molecular complexity index is 870. The summed E-state index contributed by atoms with van der Waals surface area (Å²) in [7, 11) is 0. The lowest BCUT2D eigenvalue weighted by atomic mass is 10.3. The summed E-state index contributed by atoms with van der Waals surface area (Å²) < 4.78 is 3.27. The monoisotopic (exact) mass is 370 g/mol. The lowest BCUT2D eigenvalue weighted by molar-refractivity contribution is 0.285. The van der Waals surface area contributed by atoms with E-state index >= 15 is 0 Å². The van der Waals surface area contributed by atoms with Crippen LogP contribution in [-0.4, -0.2) is 50.8 Å². The number of anilines is 1. The van der Waals surface area contributed by atoms with Crippen molar-refractivity contribution in [2.24, 2.45) is 0 Å². The molecule has 0 N–H and O–H groups in total. The van der Waals surface area contributed by atoms with Crippen LogP contribution in [0.25, 0.3) is 10.2 Å². The lowest BCUT2D eigenvalue weighted by Gasteiger charge is -2.22. The van der Waals surface area contributed by atoms with Gasteiger partial charge in [0.1, 0.15) is 12.1 Å². The van der Waals surface area contributed by atoms with E-state index in [9.17, 15) is 0 Å². The molecule has 0 bridgehead atoms. The third kappa shape index (κ3) is 3.59. The Hall–Kier alpha value is -1.99. The highest BCUT2D eigenvalue weighted by molar-refractivity contribution is 7.18. The number of aromatic nitrogens is 4. The van der Waals surface area contributed by atoms with Gasteiger partial charge < -0.3 is 4.90 Å². The summed E-state index contributed by atoms with van der Waals surface area (Å²) in [6.07, 6.45) is 8.19. The van der Waals surface area contributed by atoms with Crippen molar-refractivity contribution in [1.82, 2.24) is 24.6 Å². The zero-order valence-corrected chi connectivity index (χ0v) is 16.4. The second kappa shape index (κ2) is 7.72. The molecule has 26 heavy (non-hydrogen) atoms. The van der Waals surface area contributed by atoms with Gasteiger partial charge in [0, 0.05) is 51.0 Å². The van der Waals surface area contributed by atoms with Gasteiger partial charge in [-0.15, -0.1) is 11.3 Å². The molecule has 1 aliphatic heterocycles. The van der Waals surface area contributed by atoms with Crippen molar-refractivity contribution in [2.45, 2.75) is 39.8 Å². The standard InChI is InChI=1S/C19H26N6S/c1-3-5-25-12-16(10-22-25)11-23-6-4-7-24(9-8-23)19-18-17(20-14-21-19)15(2)13-26-18/h10,12-14H,3-9,11H2,1-2H3. The average Bonchev–Trinajstić information content (AvgIpc) is 3.16. The molecule has 3 aromatic rings. The van der Waals surface area contributed by atoms with E-state index in [1.165, 1.54) is 15.8 Å². The maximum Gasteiger partial charge on any atom is 0.150 e. The second-order valence-corrected chi connectivity index (χ2v) is 7.90. The number of thiophene rings is 1. The Morgan fingerprint density at radius 3 is 2.96 bits per heavy atom. The smallest absolute Gasteiger partial charge is 0.150 e. The molecule has 4 rings (SSSR count). The van der Waals surface area contributed by atoms with Gasteiger partial charge in [-0.3, -0.25) is 9.58 Å². The summed E-state index contributed by atoms with van der Waals surface area (Å²) in [6.45, 7) is 10.5. The Kier molecular flexibility index (Phi) is 5.17. The first kappa shape index (κ1) is 17.4. The maximum atomic E-state index is 4.61. The number of hydrogen-bond donors (Lipinski definition) is 0. The van der Waals surface area contributed by atoms with E-state index in [1.54, 1.807) is 17.7 Å². The Balaban J connectivity index is 1.44. The van der Waals surface area contributed by atoms with Crippen LogP contribution in [0.3, 0.4) is 0 Å². The summed E-state index contributed by atoms with van der Waals surface area (Å²) in [4.78, 5) is 14.0. The van der Waals surface area contributed by atoms with Gasteiger partial charge >= 0.3 is 0 Å². The van der Waals surface area contributed by atoms with E-state index in [-0.39, 0.29) is 0 Å². The molecule has 138 valence electrons. The largest absolute Gasteiger partial charge is 0.354 e. The summed E-state index contributed by atoms with van der Waals surface area (Å²) in [6, 6.07) is 0. The van der Waals surface area contributed by atoms with Crippen LogP contribution in [0.1, 0.15) is 30.9 Å². The molecule has 1 fully saturated rings. The molecule has 3 aromatic heterocycles. The Labute approximate surface area is 158 Å². The second-order valence-electron chi connectivity index (χ2n) is 7.02. The van der Waals surface area contributed by atoms with Crippen LogP contribution in [0.15, 0.2) is 24.1 Å². The van der Waals surface area contributed by atoms with Gasteiger partial charge in [-0.2, -0.15) is 5.10 Å². The van der Waals surface area contributed by atoms with Crippen LogP contribution in [0, 0.1) is 6.92 Å². The van der Waals surface area contributed by atoms with Gasteiger partial charge in [0.15, 0.2) is 0 Å². The van der Waals surface area contributed by atoms with Crippen molar-refractivity contribution in [3.05, 3.63) is 35.2 Å². The first-order chi connectivity index (χ1) is 12.7. The van der Waals surface area contributed by atoms with Crippen molar-refractivity contribution in [3.8, 4) is 0 Å². The number of rotatable bonds is 5. The van der Waals surface area contributed by atoms with Gasteiger partial charge in [0.2, 0.25) is 0 Å². The maximum absolute atomic E-state index is 4.61. The van der Waals surface area contributed by atoms with Gasteiger partial charge in [-0.25, -0.2) is 9.97 Å². The van der Waals surface area contributed by atoms with Crippen LogP contribution < -0.4 is 4.90 Å². The highest BCUT2D eigenvalue weighted by atomic mass is 32.1. The van der Waals surface area contributed by atoms with Gasteiger partial charge in [0.25, 0.3) is 0 Å². The van der Waals surface area contributed by atoms with Crippen LogP contribution in [-0.2, 0) is 13.1 Å². The molecule has 0 spiro atoms. The van der Waals surface area contributed by atoms with Crippen molar-refractivity contribution in [2.75, 3.05) is 31.1 Å². The molecule has 4 heterocycles. The highest BCUT2D eigenvalue weighted by Crippen LogP contribution is 2.31. The topological polar surface area (TPSA) is 50.1 Å². The van der Waals surface area contributed by atoms with Gasteiger partial charge in [0.05, 0.1) is 16.4 Å². The van der Waals surface area contributed by atoms with E-state index in [0.29, 0.717) is 0 Å². The minimum atomic E-state index is 0.981. The van der Waals surface area contributed by atoms with Crippen LogP contribution in [0.4, 0.5) is 5.82 Å². The molecule has 0 radical (unpaired) electrons. The molecular formula is C19H26N6S. The predicted molar refractivity (Wildman–Crippen MR) is 107 cm³/mol. The van der Waals surface area contributed by atoms with Crippen LogP contribution in [0.5, 0.6) is 0 Å². The zero-order chi connectivity index (χ0) is 17.9. The highest BCUT2D eigenvalue weighted by Gasteiger charge is 2.19. The minimum Gasteiger partial charge on any atom is -0.354 e. The third-order valence-corrected chi connectivity index (χ3v) is 6.03. The van der Waals surface area contributed by atoms with Gasteiger partial charge in [-0.05, 0) is 30.7 Å². The summed E-state index contributed by atoms with van der Waals surface area (Å²) in [5, 5.41) is 6.64. The SMILES string of the molecule is CCCn1cc(CN2CCCN(c3ncnc4c(C)csc34)CC2)cn1. The predicted octanol–water partition coefficient (Wildman–Crippen LogP) is 3.32. The fourth-order valence-electron chi connectivity index (χ4n) is 3.62. The fourth-order valence-corrected chi connectivity index (χ4v) is 4.64. The molecule has 0 atom stereocenters. The zero-order valence-electron chi connectivity index (χ0n) is 15.6. The number of fused-ring (bicyclic) bond motifs is 1. The Morgan fingerprint density at radius 1 is 1.15 bits per heavy atom. The molecule has 6 nitrogen and oxygen atoms in total. The van der Waals surface area contributed by atoms with Crippen molar-refractivity contribution in [3.63, 3.8) is 0 Å². The molecule has 7 heteroatoms. The third-order valence-electron chi connectivity index (χ3n) is 4.95. The van der Waals surface area contributed by atoms with Crippen LogP contribution >= 0.6 is 11.3 Å². The molecule has 0 amide bonds. The average molecular weight is 371 g/mol. The van der Waals surface area contributed by atoms with E-state index < -0.39 is 0 Å². The first-order valence-corrected chi connectivity index (χ1v) is 10.3. The number of nitrogens with zero attached hydrogens (tertiary/aromatic N) is 6. The summed E-state index contributed by atoms with van der Waals surface area (Å²) in [5.41, 5.74) is 3.66. The fraction of sp³-hybridized carbons (Fsp3) is 0.526. The molecule has 0 aliphatic carbocycles. The molecule has 0 unspecified atom stereocenters. The molecular weight excluding hydrogens is 344 g/mol. The van der Waals surface area contributed by atoms with E-state index in [2.05, 4.69) is 55.0 Å². The van der Waals surface area contributed by atoms with E-state index in [0.717, 1.165) is 63.4 Å². The number of hydrogen-bond acceptors (Lipinski definition) is 6. The molecule has 1 aliphatic rings. The molecule has 0 aromatic carbocycles. The van der Waals surface area contributed by atoms with Crippen LogP contribution in [0.2, 0.25) is 0 Å². The molecule has 0 saturated carbocycles. The molecule has 1 saturated heterocycles. The van der Waals surface area contributed by atoms with Crippen molar-refractivity contribution >= 4 is 27.4 Å². The summed E-state index contributed by atoms with van der Waals surface area (Å²) in [5.74, 6) is 1.10. The van der Waals surface area contributed by atoms with E-state index in [4.69, 9.17) is 0 Å². The Morgan fingerprint density at radius 2 is 2.08 bits per heavy atom. The van der Waals surface area contributed by atoms with Crippen molar-refractivity contribution < 1.29 is 0 Å². The van der Waals surface area contributed by atoms with E-state index in [1.807, 2.05) is 6.20 Å². The summed E-state index contributed by atoms with van der Waals surface area (Å²) >= 11 is 1.76. The lowest BCUT2D eigenvalue weighted by Crippen LogP contribution is -2.31. The minimum absolute atomic E-state index is 0.981.